The molecule has 0 saturated carbocycles. The summed E-state index contributed by atoms with van der Waals surface area (Å²) in [7, 11) is 1.68. The predicted octanol–water partition coefficient (Wildman–Crippen LogP) is 4.65. The van der Waals surface area contributed by atoms with Gasteiger partial charge in [0.2, 0.25) is 5.89 Å². The molecular weight excluding hydrogens is 308 g/mol. The van der Waals surface area contributed by atoms with Gasteiger partial charge in [-0.25, -0.2) is 0 Å². The number of methoxy groups -OCH3 is 1. The molecule has 118 valence electrons. The largest absolute Gasteiger partial charge is 0.496 e. The zero-order valence-corrected chi connectivity index (χ0v) is 14.2. The van der Waals surface area contributed by atoms with Crippen molar-refractivity contribution < 1.29 is 9.15 Å². The molecule has 23 heavy (non-hydrogen) atoms. The fourth-order valence-corrected chi connectivity index (χ4v) is 3.09. The Labute approximate surface area is 139 Å². The highest BCUT2D eigenvalue weighted by molar-refractivity contribution is 7.98. The van der Waals surface area contributed by atoms with Crippen LogP contribution in [0.15, 0.2) is 52.1 Å². The lowest BCUT2D eigenvalue weighted by Crippen LogP contribution is -1.91. The summed E-state index contributed by atoms with van der Waals surface area (Å²) < 4.78 is 11.2. The smallest absolute Gasteiger partial charge is 0.277 e. The molecule has 1 heterocycles. The monoisotopic (exact) mass is 326 g/mol. The standard InChI is InChI=1S/C18H18N2O2S/c1-12-8-9-16(21-3)14(10-12)11-23-18-20-19-17(22-18)15-7-5-4-6-13(15)2/h4-10H,11H2,1-3H3. The van der Waals surface area contributed by atoms with Crippen LogP contribution in [0.3, 0.4) is 0 Å². The highest BCUT2D eigenvalue weighted by Crippen LogP contribution is 2.30. The summed E-state index contributed by atoms with van der Waals surface area (Å²) in [5.74, 6) is 2.16. The van der Waals surface area contributed by atoms with Crippen molar-refractivity contribution in [3.63, 3.8) is 0 Å². The average molecular weight is 326 g/mol. The molecule has 0 atom stereocenters. The Morgan fingerprint density at radius 2 is 1.91 bits per heavy atom. The second-order valence-electron chi connectivity index (χ2n) is 5.29. The predicted molar refractivity (Wildman–Crippen MR) is 91.8 cm³/mol. The number of aryl methyl sites for hydroxylation is 2. The molecule has 3 aromatic rings. The Bertz CT molecular complexity index is 814. The molecule has 0 fully saturated rings. The van der Waals surface area contributed by atoms with Gasteiger partial charge in [-0.05, 0) is 31.5 Å². The summed E-state index contributed by atoms with van der Waals surface area (Å²) in [6.07, 6.45) is 0. The van der Waals surface area contributed by atoms with E-state index in [1.54, 1.807) is 7.11 Å². The van der Waals surface area contributed by atoms with Crippen molar-refractivity contribution in [2.75, 3.05) is 7.11 Å². The molecule has 0 saturated heterocycles. The van der Waals surface area contributed by atoms with E-state index < -0.39 is 0 Å². The maximum atomic E-state index is 5.78. The van der Waals surface area contributed by atoms with E-state index in [9.17, 15) is 0 Å². The zero-order valence-electron chi connectivity index (χ0n) is 13.4. The summed E-state index contributed by atoms with van der Waals surface area (Å²) in [4.78, 5) is 0. The van der Waals surface area contributed by atoms with E-state index in [-0.39, 0.29) is 0 Å². The highest BCUT2D eigenvalue weighted by atomic mass is 32.2. The van der Waals surface area contributed by atoms with Crippen LogP contribution < -0.4 is 4.74 Å². The lowest BCUT2D eigenvalue weighted by atomic mass is 10.1. The molecule has 0 unspecified atom stereocenters. The molecule has 4 nitrogen and oxygen atoms in total. The van der Waals surface area contributed by atoms with E-state index in [0.717, 1.165) is 28.2 Å². The second-order valence-corrected chi connectivity index (χ2v) is 6.22. The molecule has 0 aliphatic heterocycles. The lowest BCUT2D eigenvalue weighted by molar-refractivity contribution is 0.411. The molecule has 0 bridgehead atoms. The fraction of sp³-hybridized carbons (Fsp3) is 0.222. The van der Waals surface area contributed by atoms with Gasteiger partial charge in [-0.2, -0.15) is 0 Å². The van der Waals surface area contributed by atoms with Gasteiger partial charge in [0, 0.05) is 16.9 Å². The third kappa shape index (κ3) is 3.56. The first-order valence-electron chi connectivity index (χ1n) is 7.33. The number of benzene rings is 2. The molecule has 0 aliphatic carbocycles. The van der Waals surface area contributed by atoms with E-state index in [1.807, 2.05) is 43.3 Å². The minimum atomic E-state index is 0.557. The van der Waals surface area contributed by atoms with Crippen LogP contribution >= 0.6 is 11.8 Å². The third-order valence-corrected chi connectivity index (χ3v) is 4.44. The summed E-state index contributed by atoms with van der Waals surface area (Å²) >= 11 is 1.51. The number of ether oxygens (including phenoxy) is 1. The van der Waals surface area contributed by atoms with Crippen molar-refractivity contribution in [1.29, 1.82) is 0 Å². The first-order chi connectivity index (χ1) is 11.2. The van der Waals surface area contributed by atoms with Crippen molar-refractivity contribution in [2.45, 2.75) is 24.8 Å². The van der Waals surface area contributed by atoms with Crippen LogP contribution in [0.2, 0.25) is 0 Å². The van der Waals surface area contributed by atoms with Gasteiger partial charge in [-0.3, -0.25) is 0 Å². The third-order valence-electron chi connectivity index (χ3n) is 3.57. The minimum absolute atomic E-state index is 0.557. The zero-order chi connectivity index (χ0) is 16.2. The van der Waals surface area contributed by atoms with Gasteiger partial charge in [0.1, 0.15) is 5.75 Å². The molecular formula is C18H18N2O2S. The van der Waals surface area contributed by atoms with Gasteiger partial charge >= 0.3 is 0 Å². The van der Waals surface area contributed by atoms with E-state index in [0.29, 0.717) is 11.1 Å². The van der Waals surface area contributed by atoms with Gasteiger partial charge in [0.25, 0.3) is 5.22 Å². The first-order valence-corrected chi connectivity index (χ1v) is 8.32. The number of hydrogen-bond donors (Lipinski definition) is 0. The Hall–Kier alpha value is -2.27. The van der Waals surface area contributed by atoms with Crippen LogP contribution in [-0.4, -0.2) is 17.3 Å². The fourth-order valence-electron chi connectivity index (χ4n) is 2.35. The Morgan fingerprint density at radius 1 is 1.09 bits per heavy atom. The van der Waals surface area contributed by atoms with Crippen molar-refractivity contribution >= 4 is 11.8 Å². The van der Waals surface area contributed by atoms with Crippen LogP contribution in [-0.2, 0) is 5.75 Å². The summed E-state index contributed by atoms with van der Waals surface area (Å²) in [6, 6.07) is 14.1. The van der Waals surface area contributed by atoms with Crippen LogP contribution in [0.25, 0.3) is 11.5 Å². The molecule has 3 rings (SSSR count). The summed E-state index contributed by atoms with van der Waals surface area (Å²) in [6.45, 7) is 4.10. The summed E-state index contributed by atoms with van der Waals surface area (Å²) in [5.41, 5.74) is 4.41. The van der Waals surface area contributed by atoms with E-state index in [4.69, 9.17) is 9.15 Å². The second kappa shape index (κ2) is 6.87. The molecule has 0 radical (unpaired) electrons. The first kappa shape index (κ1) is 15.6. The van der Waals surface area contributed by atoms with Crippen LogP contribution in [0, 0.1) is 13.8 Å². The number of rotatable bonds is 5. The molecule has 5 heteroatoms. The van der Waals surface area contributed by atoms with Crippen molar-refractivity contribution in [1.82, 2.24) is 10.2 Å². The average Bonchev–Trinajstić information content (AvgIpc) is 3.02. The van der Waals surface area contributed by atoms with Gasteiger partial charge in [-0.15, -0.1) is 10.2 Å². The maximum Gasteiger partial charge on any atom is 0.277 e. The van der Waals surface area contributed by atoms with Gasteiger partial charge < -0.3 is 9.15 Å². The molecule has 0 aliphatic rings. The Kier molecular flexibility index (Phi) is 4.67. The molecule has 1 aromatic heterocycles. The van der Waals surface area contributed by atoms with Gasteiger partial charge in [0.05, 0.1) is 7.11 Å². The van der Waals surface area contributed by atoms with Crippen LogP contribution in [0.5, 0.6) is 5.75 Å². The van der Waals surface area contributed by atoms with Gasteiger partial charge in [0.15, 0.2) is 0 Å². The topological polar surface area (TPSA) is 48.2 Å². The van der Waals surface area contributed by atoms with E-state index in [1.165, 1.54) is 17.3 Å². The molecule has 0 amide bonds. The summed E-state index contributed by atoms with van der Waals surface area (Å²) in [5, 5.41) is 8.84. The van der Waals surface area contributed by atoms with Crippen LogP contribution in [0.1, 0.15) is 16.7 Å². The molecule has 2 aromatic carbocycles. The molecule has 0 spiro atoms. The highest BCUT2D eigenvalue weighted by Gasteiger charge is 2.12. The SMILES string of the molecule is COc1ccc(C)cc1CSc1nnc(-c2ccccc2C)o1. The Morgan fingerprint density at radius 3 is 2.70 bits per heavy atom. The van der Waals surface area contributed by atoms with Crippen molar-refractivity contribution in [2.24, 2.45) is 0 Å². The lowest BCUT2D eigenvalue weighted by Gasteiger charge is -2.07. The van der Waals surface area contributed by atoms with Crippen molar-refractivity contribution in [3.05, 3.63) is 59.2 Å². The minimum Gasteiger partial charge on any atom is -0.496 e. The molecule has 0 N–H and O–H groups in total. The number of nitrogens with zero attached hydrogens (tertiary/aromatic N) is 2. The number of hydrogen-bond acceptors (Lipinski definition) is 5. The number of aromatic nitrogens is 2. The van der Waals surface area contributed by atoms with Gasteiger partial charge in [-0.1, -0.05) is 47.7 Å². The normalized spacial score (nSPS) is 10.7. The van der Waals surface area contributed by atoms with Crippen LogP contribution in [0.4, 0.5) is 0 Å². The number of thioether (sulfide) groups is 1. The van der Waals surface area contributed by atoms with E-state index in [2.05, 4.69) is 23.2 Å². The van der Waals surface area contributed by atoms with E-state index >= 15 is 0 Å². The van der Waals surface area contributed by atoms with Crippen molar-refractivity contribution in [3.8, 4) is 17.2 Å². The quantitative estimate of drug-likeness (QED) is 0.638. The Balaban J connectivity index is 1.76. The maximum absolute atomic E-state index is 5.78.